The van der Waals surface area contributed by atoms with Crippen molar-refractivity contribution in [2.75, 3.05) is 0 Å². The standard InChI is InChI=1S/C16H19F3O/c17-16(18,19)14-8-4-7-13(11-14)15(20)10-9-12-5-2-1-3-6-12/h1-3,5-6,13-14H,4,7-11H2. The summed E-state index contributed by atoms with van der Waals surface area (Å²) in [6.07, 6.45) is -1.92. The first-order chi connectivity index (χ1) is 9.47. The Morgan fingerprint density at radius 3 is 2.50 bits per heavy atom. The highest BCUT2D eigenvalue weighted by Crippen LogP contribution is 2.40. The number of halogens is 3. The van der Waals surface area contributed by atoms with Crippen LogP contribution in [0.25, 0.3) is 0 Å². The summed E-state index contributed by atoms with van der Waals surface area (Å²) in [5.74, 6) is -1.70. The Kier molecular flexibility index (Phi) is 4.84. The van der Waals surface area contributed by atoms with E-state index in [2.05, 4.69) is 0 Å². The van der Waals surface area contributed by atoms with E-state index in [9.17, 15) is 18.0 Å². The number of ketones is 1. The van der Waals surface area contributed by atoms with Gasteiger partial charge in [0.1, 0.15) is 5.78 Å². The Labute approximate surface area is 117 Å². The molecule has 0 amide bonds. The summed E-state index contributed by atoms with van der Waals surface area (Å²) in [6, 6.07) is 9.58. The van der Waals surface area contributed by atoms with Crippen LogP contribution in [0, 0.1) is 11.8 Å². The second-order valence-electron chi connectivity index (χ2n) is 5.55. The monoisotopic (exact) mass is 284 g/mol. The molecule has 1 aliphatic carbocycles. The number of carbonyl (C=O) groups excluding carboxylic acids is 1. The van der Waals surface area contributed by atoms with Gasteiger partial charge in [-0.1, -0.05) is 36.8 Å². The largest absolute Gasteiger partial charge is 0.391 e. The Morgan fingerprint density at radius 2 is 1.85 bits per heavy atom. The Morgan fingerprint density at radius 1 is 1.15 bits per heavy atom. The third kappa shape index (κ3) is 4.09. The van der Waals surface area contributed by atoms with Crippen LogP contribution in [0.2, 0.25) is 0 Å². The van der Waals surface area contributed by atoms with Gasteiger partial charge in [0.25, 0.3) is 0 Å². The maximum absolute atomic E-state index is 12.7. The molecule has 1 aromatic carbocycles. The van der Waals surface area contributed by atoms with Crippen LogP contribution >= 0.6 is 0 Å². The predicted octanol–water partition coefficient (Wildman–Crippen LogP) is 4.56. The lowest BCUT2D eigenvalue weighted by molar-refractivity contribution is -0.186. The van der Waals surface area contributed by atoms with Crippen molar-refractivity contribution in [2.45, 2.75) is 44.7 Å². The van der Waals surface area contributed by atoms with E-state index in [0.29, 0.717) is 25.7 Å². The van der Waals surface area contributed by atoms with E-state index in [0.717, 1.165) is 5.56 Å². The Bertz CT molecular complexity index is 439. The number of carbonyl (C=O) groups is 1. The lowest BCUT2D eigenvalue weighted by Gasteiger charge is -2.29. The van der Waals surface area contributed by atoms with Crippen molar-refractivity contribution in [3.05, 3.63) is 35.9 Å². The molecule has 0 radical (unpaired) electrons. The van der Waals surface area contributed by atoms with Gasteiger partial charge in [-0.15, -0.1) is 0 Å². The molecule has 0 bridgehead atoms. The first-order valence-electron chi connectivity index (χ1n) is 7.10. The average molecular weight is 284 g/mol. The van der Waals surface area contributed by atoms with Gasteiger partial charge >= 0.3 is 6.18 Å². The van der Waals surface area contributed by atoms with Crippen LogP contribution in [-0.2, 0) is 11.2 Å². The summed E-state index contributed by atoms with van der Waals surface area (Å²) in [4.78, 5) is 12.1. The summed E-state index contributed by atoms with van der Waals surface area (Å²) >= 11 is 0. The molecule has 1 aliphatic rings. The van der Waals surface area contributed by atoms with Gasteiger partial charge in [-0.2, -0.15) is 13.2 Å². The van der Waals surface area contributed by atoms with Gasteiger partial charge in [-0.05, 0) is 31.2 Å². The molecule has 1 fully saturated rings. The van der Waals surface area contributed by atoms with Gasteiger partial charge in [0, 0.05) is 12.3 Å². The maximum atomic E-state index is 12.7. The van der Waals surface area contributed by atoms with Crippen molar-refractivity contribution in [1.82, 2.24) is 0 Å². The third-order valence-electron chi connectivity index (χ3n) is 4.10. The molecule has 0 aliphatic heterocycles. The molecule has 0 saturated heterocycles. The van der Waals surface area contributed by atoms with Crippen molar-refractivity contribution in [1.29, 1.82) is 0 Å². The van der Waals surface area contributed by atoms with Gasteiger partial charge < -0.3 is 0 Å². The fraction of sp³-hybridized carbons (Fsp3) is 0.562. The van der Waals surface area contributed by atoms with E-state index in [1.54, 1.807) is 0 Å². The normalized spacial score (nSPS) is 23.6. The molecule has 1 nitrogen and oxygen atoms in total. The lowest BCUT2D eigenvalue weighted by Crippen LogP contribution is -2.31. The Balaban J connectivity index is 1.86. The van der Waals surface area contributed by atoms with E-state index in [1.165, 1.54) is 0 Å². The van der Waals surface area contributed by atoms with Crippen LogP contribution in [0.3, 0.4) is 0 Å². The molecule has 0 heterocycles. The van der Waals surface area contributed by atoms with Crippen molar-refractivity contribution < 1.29 is 18.0 Å². The van der Waals surface area contributed by atoms with Crippen LogP contribution in [0.4, 0.5) is 13.2 Å². The van der Waals surface area contributed by atoms with Crippen molar-refractivity contribution in [3.63, 3.8) is 0 Å². The van der Waals surface area contributed by atoms with Crippen molar-refractivity contribution in [2.24, 2.45) is 11.8 Å². The lowest BCUT2D eigenvalue weighted by atomic mass is 9.78. The highest BCUT2D eigenvalue weighted by atomic mass is 19.4. The van der Waals surface area contributed by atoms with E-state index >= 15 is 0 Å². The van der Waals surface area contributed by atoms with Crippen LogP contribution in [0.15, 0.2) is 30.3 Å². The molecule has 1 aromatic rings. The van der Waals surface area contributed by atoms with Crippen LogP contribution in [-0.4, -0.2) is 12.0 Å². The second-order valence-corrected chi connectivity index (χ2v) is 5.55. The minimum atomic E-state index is -4.15. The zero-order chi connectivity index (χ0) is 14.6. The quantitative estimate of drug-likeness (QED) is 0.792. The number of hydrogen-bond acceptors (Lipinski definition) is 1. The van der Waals surface area contributed by atoms with Crippen LogP contribution < -0.4 is 0 Å². The summed E-state index contributed by atoms with van der Waals surface area (Å²) in [5.41, 5.74) is 1.06. The SMILES string of the molecule is O=C(CCc1ccccc1)C1CCCC(C(F)(F)F)C1. The zero-order valence-corrected chi connectivity index (χ0v) is 11.3. The fourth-order valence-corrected chi connectivity index (χ4v) is 2.90. The second kappa shape index (κ2) is 6.42. The first kappa shape index (κ1) is 15.1. The van der Waals surface area contributed by atoms with E-state index < -0.39 is 18.0 Å². The molecule has 0 spiro atoms. The fourth-order valence-electron chi connectivity index (χ4n) is 2.90. The van der Waals surface area contributed by atoms with E-state index in [1.807, 2.05) is 30.3 Å². The number of aryl methyl sites for hydroxylation is 1. The van der Waals surface area contributed by atoms with Gasteiger partial charge in [0.15, 0.2) is 0 Å². The summed E-state index contributed by atoms with van der Waals surface area (Å²) in [7, 11) is 0. The van der Waals surface area contributed by atoms with Gasteiger partial charge in [-0.3, -0.25) is 4.79 Å². The number of Topliss-reactive ketones (excluding diaryl/α,β-unsaturated/α-hetero) is 1. The van der Waals surface area contributed by atoms with Crippen molar-refractivity contribution >= 4 is 5.78 Å². The maximum Gasteiger partial charge on any atom is 0.391 e. The van der Waals surface area contributed by atoms with Gasteiger partial charge in [0.05, 0.1) is 5.92 Å². The van der Waals surface area contributed by atoms with Crippen LogP contribution in [0.1, 0.15) is 37.7 Å². The van der Waals surface area contributed by atoms with Crippen LogP contribution in [0.5, 0.6) is 0 Å². The highest BCUT2D eigenvalue weighted by molar-refractivity contribution is 5.81. The number of hydrogen-bond donors (Lipinski definition) is 0. The van der Waals surface area contributed by atoms with Crippen molar-refractivity contribution in [3.8, 4) is 0 Å². The van der Waals surface area contributed by atoms with Gasteiger partial charge in [-0.25, -0.2) is 0 Å². The topological polar surface area (TPSA) is 17.1 Å². The average Bonchev–Trinajstić information content (AvgIpc) is 2.45. The molecule has 2 rings (SSSR count). The molecule has 0 N–H and O–H groups in total. The highest BCUT2D eigenvalue weighted by Gasteiger charge is 2.43. The molecule has 0 aromatic heterocycles. The molecule has 1 saturated carbocycles. The predicted molar refractivity (Wildman–Crippen MR) is 71.3 cm³/mol. The Hall–Kier alpha value is -1.32. The smallest absolute Gasteiger partial charge is 0.299 e. The van der Waals surface area contributed by atoms with E-state index in [4.69, 9.17) is 0 Å². The molecule has 2 unspecified atom stereocenters. The minimum Gasteiger partial charge on any atom is -0.299 e. The number of benzene rings is 1. The molecule has 110 valence electrons. The minimum absolute atomic E-state index is 0.0113. The molecule has 2 atom stereocenters. The summed E-state index contributed by atoms with van der Waals surface area (Å²) < 4.78 is 38.2. The molecular formula is C16H19F3O. The molecular weight excluding hydrogens is 265 g/mol. The number of alkyl halides is 3. The van der Waals surface area contributed by atoms with E-state index in [-0.39, 0.29) is 18.6 Å². The zero-order valence-electron chi connectivity index (χ0n) is 11.3. The number of rotatable bonds is 4. The molecule has 20 heavy (non-hydrogen) atoms. The first-order valence-corrected chi connectivity index (χ1v) is 7.10. The van der Waals surface area contributed by atoms with Gasteiger partial charge in [0.2, 0.25) is 0 Å². The summed E-state index contributed by atoms with van der Waals surface area (Å²) in [5, 5.41) is 0. The third-order valence-corrected chi connectivity index (χ3v) is 4.10. The molecule has 4 heteroatoms. The summed E-state index contributed by atoms with van der Waals surface area (Å²) in [6.45, 7) is 0.